The molecule has 0 amide bonds. The highest BCUT2D eigenvalue weighted by Crippen LogP contribution is 2.30. The molecule has 5 nitrogen and oxygen atoms in total. The number of carboxylic acid groups (broad SMARTS) is 1. The van der Waals surface area contributed by atoms with Gasteiger partial charge >= 0.3 is 5.97 Å². The van der Waals surface area contributed by atoms with E-state index in [1.54, 1.807) is 7.11 Å². The van der Waals surface area contributed by atoms with Gasteiger partial charge in [-0.3, -0.25) is 9.79 Å². The fourth-order valence-corrected chi connectivity index (χ4v) is 2.43. The van der Waals surface area contributed by atoms with Crippen LogP contribution in [0.3, 0.4) is 0 Å². The molecule has 1 heterocycles. The van der Waals surface area contributed by atoms with Crippen LogP contribution in [-0.4, -0.2) is 42.7 Å². The van der Waals surface area contributed by atoms with Crippen molar-refractivity contribution in [1.82, 2.24) is 5.32 Å². The zero-order chi connectivity index (χ0) is 10.8. The van der Waals surface area contributed by atoms with Crippen molar-refractivity contribution in [3.8, 4) is 0 Å². The van der Waals surface area contributed by atoms with Crippen molar-refractivity contribution in [2.45, 2.75) is 31.3 Å². The van der Waals surface area contributed by atoms with Crippen LogP contribution in [-0.2, 0) is 9.53 Å². The number of carboxylic acids is 1. The molecule has 0 aromatic carbocycles. The Morgan fingerprint density at radius 1 is 1.67 bits per heavy atom. The Kier molecular flexibility index (Phi) is 2.90. The van der Waals surface area contributed by atoms with Crippen molar-refractivity contribution in [3.05, 3.63) is 0 Å². The molecular weight excluding hydrogens is 196 g/mol. The van der Waals surface area contributed by atoms with E-state index in [9.17, 15) is 4.79 Å². The summed E-state index contributed by atoms with van der Waals surface area (Å²) >= 11 is 0. The molecular formula is C10H16N2O3. The number of carbonyl (C=O) groups is 1. The number of nitrogens with one attached hydrogen (secondary N) is 1. The molecule has 0 aromatic heterocycles. The maximum Gasteiger partial charge on any atom is 0.308 e. The van der Waals surface area contributed by atoms with E-state index in [0.29, 0.717) is 6.61 Å². The Bertz CT molecular complexity index is 290. The monoisotopic (exact) mass is 212 g/mol. The summed E-state index contributed by atoms with van der Waals surface area (Å²) in [5.41, 5.74) is 0. The predicted molar refractivity (Wildman–Crippen MR) is 55.0 cm³/mol. The SMILES string of the molecule is COCC1=NC2C(CCCC2C(=O)O)N1. The molecule has 1 aliphatic heterocycles. The number of methoxy groups -OCH3 is 1. The number of ether oxygens (including phenoxy) is 1. The lowest BCUT2D eigenvalue weighted by Crippen LogP contribution is -2.44. The van der Waals surface area contributed by atoms with Crippen LogP contribution < -0.4 is 5.32 Å². The van der Waals surface area contributed by atoms with Crippen molar-refractivity contribution in [3.63, 3.8) is 0 Å². The summed E-state index contributed by atoms with van der Waals surface area (Å²) < 4.78 is 4.99. The first-order chi connectivity index (χ1) is 7.22. The fraction of sp³-hybridized carbons (Fsp3) is 0.800. The van der Waals surface area contributed by atoms with Gasteiger partial charge in [0, 0.05) is 7.11 Å². The lowest BCUT2D eigenvalue weighted by atomic mass is 9.82. The van der Waals surface area contributed by atoms with Crippen LogP contribution in [0.2, 0.25) is 0 Å². The van der Waals surface area contributed by atoms with Gasteiger partial charge in [0.1, 0.15) is 12.4 Å². The van der Waals surface area contributed by atoms with E-state index < -0.39 is 5.97 Å². The molecule has 1 saturated carbocycles. The van der Waals surface area contributed by atoms with Gasteiger partial charge in [-0.05, 0) is 12.8 Å². The Morgan fingerprint density at radius 2 is 2.47 bits per heavy atom. The second-order valence-electron chi connectivity index (χ2n) is 4.13. The molecule has 2 rings (SSSR count). The average molecular weight is 212 g/mol. The molecule has 3 unspecified atom stereocenters. The Morgan fingerprint density at radius 3 is 3.13 bits per heavy atom. The quantitative estimate of drug-likeness (QED) is 0.703. The summed E-state index contributed by atoms with van der Waals surface area (Å²) in [5.74, 6) is -0.264. The highest BCUT2D eigenvalue weighted by molar-refractivity contribution is 5.86. The van der Waals surface area contributed by atoms with Crippen molar-refractivity contribution in [2.24, 2.45) is 10.9 Å². The number of rotatable bonds is 3. The van der Waals surface area contributed by atoms with Gasteiger partial charge < -0.3 is 15.2 Å². The number of hydrogen-bond donors (Lipinski definition) is 2. The van der Waals surface area contributed by atoms with Gasteiger partial charge in [0.05, 0.1) is 18.0 Å². The van der Waals surface area contributed by atoms with Gasteiger partial charge in [-0.25, -0.2) is 0 Å². The first-order valence-electron chi connectivity index (χ1n) is 5.27. The number of amidine groups is 1. The number of aliphatic imine (C=N–C) groups is 1. The molecule has 5 heteroatoms. The van der Waals surface area contributed by atoms with E-state index >= 15 is 0 Å². The van der Waals surface area contributed by atoms with Crippen molar-refractivity contribution >= 4 is 11.8 Å². The third-order valence-electron chi connectivity index (χ3n) is 3.11. The second kappa shape index (κ2) is 4.18. The minimum Gasteiger partial charge on any atom is -0.481 e. The first-order valence-corrected chi connectivity index (χ1v) is 5.27. The van der Waals surface area contributed by atoms with Gasteiger partial charge in [0.25, 0.3) is 0 Å². The number of hydrogen-bond acceptors (Lipinski definition) is 4. The lowest BCUT2D eigenvalue weighted by Gasteiger charge is -2.29. The Hall–Kier alpha value is -1.10. The number of aliphatic carboxylic acids is 1. The topological polar surface area (TPSA) is 70.9 Å². The van der Waals surface area contributed by atoms with Crippen molar-refractivity contribution < 1.29 is 14.6 Å². The summed E-state index contributed by atoms with van der Waals surface area (Å²) in [6.45, 7) is 0.444. The maximum absolute atomic E-state index is 11.0. The van der Waals surface area contributed by atoms with E-state index in [0.717, 1.165) is 25.1 Å². The highest BCUT2D eigenvalue weighted by atomic mass is 16.5. The molecule has 84 valence electrons. The van der Waals surface area contributed by atoms with Crippen LogP contribution >= 0.6 is 0 Å². The van der Waals surface area contributed by atoms with Crippen molar-refractivity contribution in [1.29, 1.82) is 0 Å². The van der Waals surface area contributed by atoms with Gasteiger partial charge in [-0.1, -0.05) is 6.42 Å². The predicted octanol–water partition coefficient (Wildman–Crippen LogP) is 0.256. The van der Waals surface area contributed by atoms with Gasteiger partial charge in [-0.15, -0.1) is 0 Å². The average Bonchev–Trinajstić information content (AvgIpc) is 2.59. The highest BCUT2D eigenvalue weighted by Gasteiger charge is 2.41. The fourth-order valence-electron chi connectivity index (χ4n) is 2.43. The molecule has 15 heavy (non-hydrogen) atoms. The third-order valence-corrected chi connectivity index (χ3v) is 3.11. The van der Waals surface area contributed by atoms with Crippen LogP contribution in [0.25, 0.3) is 0 Å². The Labute approximate surface area is 88.5 Å². The molecule has 0 spiro atoms. The smallest absolute Gasteiger partial charge is 0.308 e. The minimum atomic E-state index is -0.728. The van der Waals surface area contributed by atoms with Gasteiger partial charge in [0.15, 0.2) is 0 Å². The molecule has 2 aliphatic rings. The molecule has 3 atom stereocenters. The molecule has 0 saturated heterocycles. The van der Waals surface area contributed by atoms with Crippen LogP contribution in [0.15, 0.2) is 4.99 Å². The van der Waals surface area contributed by atoms with E-state index in [1.165, 1.54) is 0 Å². The first kappa shape index (κ1) is 10.4. The van der Waals surface area contributed by atoms with Gasteiger partial charge in [0.2, 0.25) is 0 Å². The summed E-state index contributed by atoms with van der Waals surface area (Å²) in [5, 5.41) is 12.3. The zero-order valence-electron chi connectivity index (χ0n) is 8.77. The lowest BCUT2D eigenvalue weighted by molar-refractivity contribution is -0.143. The maximum atomic E-state index is 11.0. The molecule has 1 fully saturated rings. The summed E-state index contributed by atoms with van der Waals surface area (Å²) in [6, 6.07) is 0.103. The van der Waals surface area contributed by atoms with E-state index in [2.05, 4.69) is 10.3 Å². The number of fused-ring (bicyclic) bond motifs is 1. The summed E-state index contributed by atoms with van der Waals surface area (Å²) in [7, 11) is 1.61. The van der Waals surface area contributed by atoms with Gasteiger partial charge in [-0.2, -0.15) is 0 Å². The van der Waals surface area contributed by atoms with E-state index in [4.69, 9.17) is 9.84 Å². The Balaban J connectivity index is 2.09. The third kappa shape index (κ3) is 1.97. The van der Waals surface area contributed by atoms with Crippen LogP contribution in [0.1, 0.15) is 19.3 Å². The normalized spacial score (nSPS) is 34.2. The molecule has 0 radical (unpaired) electrons. The van der Waals surface area contributed by atoms with Crippen LogP contribution in [0.5, 0.6) is 0 Å². The number of nitrogens with zero attached hydrogens (tertiary/aromatic N) is 1. The molecule has 2 N–H and O–H groups in total. The molecule has 0 aromatic rings. The zero-order valence-corrected chi connectivity index (χ0v) is 8.77. The van der Waals surface area contributed by atoms with Crippen LogP contribution in [0.4, 0.5) is 0 Å². The summed E-state index contributed by atoms with van der Waals surface area (Å²) in [6.07, 6.45) is 2.70. The summed E-state index contributed by atoms with van der Waals surface area (Å²) in [4.78, 5) is 15.4. The second-order valence-corrected chi connectivity index (χ2v) is 4.13. The van der Waals surface area contributed by atoms with Crippen molar-refractivity contribution in [2.75, 3.05) is 13.7 Å². The van der Waals surface area contributed by atoms with E-state index in [1.807, 2.05) is 0 Å². The largest absolute Gasteiger partial charge is 0.481 e. The standard InChI is InChI=1S/C10H16N2O3/c1-15-5-8-11-7-4-2-3-6(10(13)14)9(7)12-8/h6-7,9H,2-5H2,1H3,(H,11,12)(H,13,14). The molecule has 1 aliphatic carbocycles. The molecule has 0 bridgehead atoms. The van der Waals surface area contributed by atoms with E-state index in [-0.39, 0.29) is 18.0 Å². The van der Waals surface area contributed by atoms with Crippen LogP contribution in [0, 0.1) is 5.92 Å². The minimum absolute atomic E-state index is 0.0959.